The molecule has 4 aliphatic rings. The average molecular weight is 734 g/mol. The van der Waals surface area contributed by atoms with E-state index in [1.165, 1.54) is 73.7 Å². The van der Waals surface area contributed by atoms with Crippen molar-refractivity contribution in [3.63, 3.8) is 0 Å². The molecule has 0 saturated heterocycles. The second-order valence-corrected chi connectivity index (χ2v) is 13.0. The smallest absolute Gasteiger partial charge is 0.0411 e. The van der Waals surface area contributed by atoms with E-state index in [-0.39, 0.29) is 0 Å². The maximum atomic E-state index is 2.51. The summed E-state index contributed by atoms with van der Waals surface area (Å²) in [5, 5.41) is 0. The van der Waals surface area contributed by atoms with Gasteiger partial charge < -0.3 is 0 Å². The van der Waals surface area contributed by atoms with E-state index >= 15 is 0 Å². The zero-order chi connectivity index (χ0) is 16.9. The van der Waals surface area contributed by atoms with Gasteiger partial charge in [-0.3, -0.25) is 0 Å². The Morgan fingerprint density at radius 2 is 1.79 bits per heavy atom. The first-order chi connectivity index (χ1) is 11.5. The van der Waals surface area contributed by atoms with Crippen LogP contribution in [0.1, 0.15) is 82.0 Å². The van der Waals surface area contributed by atoms with Crippen molar-refractivity contribution >= 4 is 45.7 Å². The van der Waals surface area contributed by atoms with E-state index in [4.69, 9.17) is 0 Å². The van der Waals surface area contributed by atoms with Crippen LogP contribution in [0.4, 0.5) is 0 Å². The van der Waals surface area contributed by atoms with Gasteiger partial charge in [-0.15, -0.1) is 0 Å². The second kappa shape index (κ2) is 7.38. The van der Waals surface area contributed by atoms with Crippen molar-refractivity contribution in [1.29, 1.82) is 0 Å². The van der Waals surface area contributed by atoms with Gasteiger partial charge >= 0.3 is 88.9 Å². The van der Waals surface area contributed by atoms with Crippen molar-refractivity contribution in [2.75, 3.05) is 0 Å². The van der Waals surface area contributed by atoms with E-state index < -0.39 is 0 Å². The van der Waals surface area contributed by atoms with E-state index in [2.05, 4.69) is 88.7 Å². The SMILES string of the molecule is Cc1cn(C2CC2)[c](=[Pt])n1C1CC1.IN(I)[C@@]12CCC[C@H](CC1)C2. The van der Waals surface area contributed by atoms with E-state index in [9.17, 15) is 0 Å². The van der Waals surface area contributed by atoms with Crippen molar-refractivity contribution in [1.82, 2.24) is 10.5 Å². The molecule has 4 saturated carbocycles. The molecule has 0 aliphatic heterocycles. The van der Waals surface area contributed by atoms with Crippen LogP contribution >= 0.6 is 45.7 Å². The van der Waals surface area contributed by atoms with Crippen LogP contribution in [0.3, 0.4) is 0 Å². The number of aryl methyl sites for hydroxylation is 1. The molecule has 1 aromatic rings. The van der Waals surface area contributed by atoms with Crippen molar-refractivity contribution in [2.24, 2.45) is 5.92 Å². The topological polar surface area (TPSA) is 13.1 Å². The number of aromatic nitrogens is 2. The van der Waals surface area contributed by atoms with Gasteiger partial charge in [-0.1, -0.05) is 12.8 Å². The number of rotatable bonds is 3. The number of hydrogen-bond acceptors (Lipinski definition) is 1. The van der Waals surface area contributed by atoms with Crippen LogP contribution in [-0.2, 0) is 19.4 Å². The molecule has 1 aromatic heterocycles. The van der Waals surface area contributed by atoms with Crippen LogP contribution in [0.5, 0.6) is 0 Å². The largest absolute Gasteiger partial charge is 0.182 e. The molecule has 4 fully saturated rings. The molecular weight excluding hydrogens is 707 g/mol. The van der Waals surface area contributed by atoms with Gasteiger partial charge in [0.1, 0.15) is 0 Å². The second-order valence-electron chi connectivity index (χ2n) is 8.21. The zero-order valence-corrected chi connectivity index (χ0v) is 20.9. The summed E-state index contributed by atoms with van der Waals surface area (Å²) < 4.78 is 8.85. The summed E-state index contributed by atoms with van der Waals surface area (Å²) in [6.07, 6.45) is 16.7. The van der Waals surface area contributed by atoms with Crippen LogP contribution in [0.25, 0.3) is 0 Å². The van der Waals surface area contributed by atoms with E-state index in [0.717, 1.165) is 18.0 Å². The molecule has 3 nitrogen and oxygen atoms in total. The number of hydrogen-bond donors (Lipinski definition) is 0. The minimum absolute atomic E-state index is 0.601. The third kappa shape index (κ3) is 3.80. The first kappa shape index (κ1) is 18.7. The molecule has 1 heterocycles. The average Bonchev–Trinajstić information content (AvgIpc) is 3.47. The number of fused-ring (bicyclic) bond motifs is 2. The minimum atomic E-state index is 0.601. The van der Waals surface area contributed by atoms with Gasteiger partial charge in [-0.05, 0) is 31.6 Å². The van der Waals surface area contributed by atoms with E-state index in [0.29, 0.717) is 5.54 Å². The van der Waals surface area contributed by atoms with Crippen molar-refractivity contribution in [3.05, 3.63) is 15.7 Å². The molecule has 0 aromatic carbocycles. The molecule has 138 valence electrons. The molecule has 0 unspecified atom stereocenters. The van der Waals surface area contributed by atoms with E-state index in [1.54, 1.807) is 0 Å². The number of imidazole rings is 1. The molecule has 5 rings (SSSR count). The summed E-state index contributed by atoms with van der Waals surface area (Å²) in [6.45, 7) is 2.24. The van der Waals surface area contributed by atoms with Crippen LogP contribution in [0, 0.1) is 16.6 Å². The predicted molar refractivity (Wildman–Crippen MR) is 111 cm³/mol. The number of halogens is 2. The molecular formula is C18H27I2N3Pt. The van der Waals surface area contributed by atoms with Gasteiger partial charge in [-0.2, -0.15) is 1.33 Å². The third-order valence-electron chi connectivity index (χ3n) is 6.24. The maximum absolute atomic E-state index is 2.51. The van der Waals surface area contributed by atoms with Crippen molar-refractivity contribution < 1.29 is 19.4 Å². The minimum Gasteiger partial charge on any atom is -0.182 e. The summed E-state index contributed by atoms with van der Waals surface area (Å²) in [7, 11) is 0. The van der Waals surface area contributed by atoms with Crippen molar-refractivity contribution in [2.45, 2.75) is 88.8 Å². The molecule has 4 aliphatic carbocycles. The molecule has 0 amide bonds. The summed E-state index contributed by atoms with van der Waals surface area (Å²) in [5.41, 5.74) is 2.05. The first-order valence-corrected chi connectivity index (χ1v) is 12.4. The van der Waals surface area contributed by atoms with Gasteiger partial charge in [0, 0.05) is 51.3 Å². The summed E-state index contributed by atoms with van der Waals surface area (Å²) in [5.74, 6) is 1.07. The Bertz CT molecular complexity index is 656. The van der Waals surface area contributed by atoms with Gasteiger partial charge in [0.15, 0.2) is 0 Å². The quantitative estimate of drug-likeness (QED) is 0.272. The van der Waals surface area contributed by atoms with Gasteiger partial charge in [0.05, 0.1) is 0 Å². The normalized spacial score (nSPS) is 32.0. The van der Waals surface area contributed by atoms with Gasteiger partial charge in [0.2, 0.25) is 0 Å². The first-order valence-electron chi connectivity index (χ1n) is 9.37. The Morgan fingerprint density at radius 3 is 2.38 bits per heavy atom. The fraction of sp³-hybridized carbons (Fsp3) is 0.833. The van der Waals surface area contributed by atoms with Gasteiger partial charge in [-0.25, -0.2) is 0 Å². The summed E-state index contributed by atoms with van der Waals surface area (Å²) >= 11 is 7.40. The molecule has 6 heteroatoms. The van der Waals surface area contributed by atoms with Crippen molar-refractivity contribution in [3.8, 4) is 0 Å². The fourth-order valence-corrected chi connectivity index (χ4v) is 7.31. The molecule has 0 radical (unpaired) electrons. The Morgan fingerprint density at radius 1 is 1.08 bits per heavy atom. The van der Waals surface area contributed by atoms with Crippen LogP contribution in [0.15, 0.2) is 6.20 Å². The monoisotopic (exact) mass is 734 g/mol. The fourth-order valence-electron chi connectivity index (χ4n) is 4.57. The molecule has 0 spiro atoms. The Hall–Kier alpha value is 1.32. The summed E-state index contributed by atoms with van der Waals surface area (Å²) in [4.78, 5) is 0. The molecule has 24 heavy (non-hydrogen) atoms. The number of nitrogens with zero attached hydrogens (tertiary/aromatic N) is 3. The van der Waals surface area contributed by atoms with Crippen LogP contribution in [0.2, 0.25) is 0 Å². The maximum Gasteiger partial charge on any atom is 0.0411 e. The standard InChI is InChI=1S/C10H14N2.C8H13I2N.Pt/c1-8-6-11(9-2-3-9)7-12(8)10-4-5-10;9-11(10)8-4-1-2-7(6-8)3-5-8;/h6,9-10H,2-5H2,1H3;7H,1-6H2;/t;7-,8+;/m.1./s1. The summed E-state index contributed by atoms with van der Waals surface area (Å²) in [6, 6.07) is 1.65. The van der Waals surface area contributed by atoms with Crippen LogP contribution in [-0.4, -0.2) is 16.0 Å². The van der Waals surface area contributed by atoms with Gasteiger partial charge in [0.25, 0.3) is 0 Å². The predicted octanol–water partition coefficient (Wildman–Crippen LogP) is 6.06. The zero-order valence-electron chi connectivity index (χ0n) is 14.3. The Balaban J connectivity index is 0.000000123. The third-order valence-corrected chi connectivity index (χ3v) is 9.42. The van der Waals surface area contributed by atoms with Crippen LogP contribution < -0.4 is 0 Å². The Labute approximate surface area is 184 Å². The molecule has 0 N–H and O–H groups in total. The Kier molecular flexibility index (Phi) is 5.74. The van der Waals surface area contributed by atoms with E-state index in [1.807, 2.05) is 0 Å². The molecule has 2 atom stereocenters. The molecule has 2 bridgehead atoms.